The van der Waals surface area contributed by atoms with Gasteiger partial charge in [-0.1, -0.05) is 48.5 Å². The summed E-state index contributed by atoms with van der Waals surface area (Å²) in [5.41, 5.74) is 2.91. The standard InChI is InChI=1S/C26H25N3OS/c30-25(29(21-9-3-1-4-10-21)22-11-5-2-6-12-22)19-28-17-15-20(16-18-28)26-27-23-13-7-8-14-24(23)31-26/h1-14,20H,15-19H2. The lowest BCUT2D eigenvalue weighted by Gasteiger charge is -2.32. The Morgan fingerprint density at radius 3 is 2.06 bits per heavy atom. The highest BCUT2D eigenvalue weighted by Crippen LogP contribution is 2.34. The first-order valence-electron chi connectivity index (χ1n) is 10.8. The number of hydrogen-bond acceptors (Lipinski definition) is 4. The van der Waals surface area contributed by atoms with Crippen LogP contribution in [0.2, 0.25) is 0 Å². The Bertz CT molecular complexity index is 1080. The van der Waals surface area contributed by atoms with Crippen LogP contribution in [0.4, 0.5) is 11.4 Å². The molecule has 0 saturated carbocycles. The molecule has 0 bridgehead atoms. The van der Waals surface area contributed by atoms with E-state index in [4.69, 9.17) is 4.98 Å². The highest BCUT2D eigenvalue weighted by Gasteiger charge is 2.26. The second-order valence-electron chi connectivity index (χ2n) is 7.97. The molecule has 5 rings (SSSR count). The number of anilines is 2. The second-order valence-corrected chi connectivity index (χ2v) is 9.03. The van der Waals surface area contributed by atoms with Gasteiger partial charge in [-0.2, -0.15) is 0 Å². The van der Waals surface area contributed by atoms with Gasteiger partial charge in [0.1, 0.15) is 0 Å². The number of benzene rings is 3. The summed E-state index contributed by atoms with van der Waals surface area (Å²) in [6.07, 6.45) is 2.09. The summed E-state index contributed by atoms with van der Waals surface area (Å²) < 4.78 is 1.26. The molecule has 0 unspecified atom stereocenters. The van der Waals surface area contributed by atoms with Crippen molar-refractivity contribution in [2.75, 3.05) is 24.5 Å². The molecule has 4 aromatic rings. The van der Waals surface area contributed by atoms with Crippen LogP contribution in [0.25, 0.3) is 10.2 Å². The van der Waals surface area contributed by atoms with Gasteiger partial charge in [-0.3, -0.25) is 14.6 Å². The first-order chi connectivity index (χ1) is 15.3. The van der Waals surface area contributed by atoms with Crippen molar-refractivity contribution in [2.24, 2.45) is 0 Å². The molecule has 1 aliphatic heterocycles. The highest BCUT2D eigenvalue weighted by molar-refractivity contribution is 7.18. The van der Waals surface area contributed by atoms with E-state index in [2.05, 4.69) is 23.1 Å². The summed E-state index contributed by atoms with van der Waals surface area (Å²) in [5, 5.41) is 1.24. The number of amides is 1. The fraction of sp³-hybridized carbons (Fsp3) is 0.231. The number of rotatable bonds is 5. The first kappa shape index (κ1) is 19.9. The predicted molar refractivity (Wildman–Crippen MR) is 128 cm³/mol. The van der Waals surface area contributed by atoms with Gasteiger partial charge < -0.3 is 0 Å². The molecule has 0 spiro atoms. The van der Waals surface area contributed by atoms with Crippen molar-refractivity contribution in [3.05, 3.63) is 89.9 Å². The maximum atomic E-state index is 13.4. The minimum absolute atomic E-state index is 0.107. The Hall–Kier alpha value is -3.02. The largest absolute Gasteiger partial charge is 0.294 e. The van der Waals surface area contributed by atoms with E-state index in [9.17, 15) is 4.79 Å². The molecule has 1 fully saturated rings. The Morgan fingerprint density at radius 1 is 0.871 bits per heavy atom. The molecule has 4 nitrogen and oxygen atoms in total. The number of carbonyl (C=O) groups excluding carboxylic acids is 1. The van der Waals surface area contributed by atoms with Crippen LogP contribution in [-0.4, -0.2) is 35.4 Å². The van der Waals surface area contributed by atoms with Crippen molar-refractivity contribution >= 4 is 38.8 Å². The number of hydrogen-bond donors (Lipinski definition) is 0. The van der Waals surface area contributed by atoms with E-state index in [0.717, 1.165) is 42.8 Å². The number of nitrogens with zero attached hydrogens (tertiary/aromatic N) is 3. The summed E-state index contributed by atoms with van der Waals surface area (Å²) in [4.78, 5) is 22.3. The van der Waals surface area contributed by atoms with Crippen molar-refractivity contribution in [1.82, 2.24) is 9.88 Å². The van der Waals surface area contributed by atoms with Crippen molar-refractivity contribution in [2.45, 2.75) is 18.8 Å². The molecule has 2 heterocycles. The van der Waals surface area contributed by atoms with Gasteiger partial charge >= 0.3 is 0 Å². The van der Waals surface area contributed by atoms with E-state index in [1.54, 1.807) is 0 Å². The summed E-state index contributed by atoms with van der Waals surface area (Å²) >= 11 is 1.81. The molecule has 1 saturated heterocycles. The highest BCUT2D eigenvalue weighted by atomic mass is 32.1. The minimum atomic E-state index is 0.107. The molecule has 0 radical (unpaired) electrons. The average molecular weight is 428 g/mol. The van der Waals surface area contributed by atoms with E-state index in [-0.39, 0.29) is 5.91 Å². The molecule has 5 heteroatoms. The third-order valence-corrected chi connectivity index (χ3v) is 7.08. The monoisotopic (exact) mass is 427 g/mol. The van der Waals surface area contributed by atoms with Gasteiger partial charge in [0, 0.05) is 17.3 Å². The van der Waals surface area contributed by atoms with Crippen LogP contribution < -0.4 is 4.90 Å². The normalized spacial score (nSPS) is 15.2. The fourth-order valence-corrected chi connectivity index (χ4v) is 5.39. The molecule has 0 aliphatic carbocycles. The maximum Gasteiger partial charge on any atom is 0.245 e. The number of carbonyl (C=O) groups is 1. The van der Waals surface area contributed by atoms with Crippen LogP contribution in [-0.2, 0) is 4.79 Å². The molecule has 31 heavy (non-hydrogen) atoms. The van der Waals surface area contributed by atoms with Gasteiger partial charge in [-0.25, -0.2) is 4.98 Å². The first-order valence-corrected chi connectivity index (χ1v) is 11.6. The van der Waals surface area contributed by atoms with Crippen LogP contribution in [0.15, 0.2) is 84.9 Å². The molecule has 0 N–H and O–H groups in total. The molecule has 1 aliphatic rings. The van der Waals surface area contributed by atoms with Gasteiger partial charge in [-0.15, -0.1) is 11.3 Å². The van der Waals surface area contributed by atoms with Crippen LogP contribution in [0.1, 0.15) is 23.8 Å². The van der Waals surface area contributed by atoms with Crippen molar-refractivity contribution in [3.63, 3.8) is 0 Å². The van der Waals surface area contributed by atoms with Gasteiger partial charge in [0.2, 0.25) is 5.91 Å². The van der Waals surface area contributed by atoms with Crippen molar-refractivity contribution in [1.29, 1.82) is 0 Å². The third-order valence-electron chi connectivity index (χ3n) is 5.88. The number of thiazole rings is 1. The topological polar surface area (TPSA) is 36.4 Å². The van der Waals surface area contributed by atoms with E-state index < -0.39 is 0 Å². The summed E-state index contributed by atoms with van der Waals surface area (Å²) in [7, 11) is 0. The Kier molecular flexibility index (Phi) is 5.78. The lowest BCUT2D eigenvalue weighted by atomic mass is 9.97. The zero-order chi connectivity index (χ0) is 21.0. The Labute approximate surface area is 186 Å². The molecule has 156 valence electrons. The second kappa shape index (κ2) is 9.00. The maximum absolute atomic E-state index is 13.4. The Morgan fingerprint density at radius 2 is 1.45 bits per heavy atom. The molecule has 0 atom stereocenters. The van der Waals surface area contributed by atoms with Gasteiger partial charge in [0.05, 0.1) is 21.8 Å². The van der Waals surface area contributed by atoms with Gasteiger partial charge in [-0.05, 0) is 62.3 Å². The number of para-hydroxylation sites is 3. The average Bonchev–Trinajstić information content (AvgIpc) is 3.25. The van der Waals surface area contributed by atoms with Crippen molar-refractivity contribution in [3.8, 4) is 0 Å². The minimum Gasteiger partial charge on any atom is -0.294 e. The fourth-order valence-electron chi connectivity index (χ4n) is 4.26. The number of fused-ring (bicyclic) bond motifs is 1. The Balaban J connectivity index is 1.27. The molecule has 3 aromatic carbocycles. The smallest absolute Gasteiger partial charge is 0.245 e. The third kappa shape index (κ3) is 4.38. The summed E-state index contributed by atoms with van der Waals surface area (Å²) in [5.74, 6) is 0.596. The van der Waals surface area contributed by atoms with Crippen LogP contribution >= 0.6 is 11.3 Å². The summed E-state index contributed by atoms with van der Waals surface area (Å²) in [6, 6.07) is 28.2. The zero-order valence-corrected chi connectivity index (χ0v) is 18.2. The molecular weight excluding hydrogens is 402 g/mol. The van der Waals surface area contributed by atoms with E-state index in [1.165, 1.54) is 9.71 Å². The summed E-state index contributed by atoms with van der Waals surface area (Å²) in [6.45, 7) is 2.27. The molecule has 1 amide bonds. The quantitative estimate of drug-likeness (QED) is 0.401. The van der Waals surface area contributed by atoms with Crippen LogP contribution in [0, 0.1) is 0 Å². The van der Waals surface area contributed by atoms with Crippen LogP contribution in [0.3, 0.4) is 0 Å². The molecule has 1 aromatic heterocycles. The zero-order valence-electron chi connectivity index (χ0n) is 17.4. The number of aromatic nitrogens is 1. The van der Waals surface area contributed by atoms with Gasteiger partial charge in [0.25, 0.3) is 0 Å². The number of likely N-dealkylation sites (tertiary alicyclic amines) is 1. The predicted octanol–water partition coefficient (Wildman–Crippen LogP) is 5.84. The lowest BCUT2D eigenvalue weighted by molar-refractivity contribution is -0.119. The SMILES string of the molecule is O=C(CN1CCC(c2nc3ccccc3s2)CC1)N(c1ccccc1)c1ccccc1. The lowest BCUT2D eigenvalue weighted by Crippen LogP contribution is -2.41. The van der Waals surface area contributed by atoms with Crippen LogP contribution in [0.5, 0.6) is 0 Å². The van der Waals surface area contributed by atoms with E-state index in [1.807, 2.05) is 83.0 Å². The molecular formula is C26H25N3OS. The van der Waals surface area contributed by atoms with E-state index >= 15 is 0 Å². The van der Waals surface area contributed by atoms with E-state index in [0.29, 0.717) is 12.5 Å². The van der Waals surface area contributed by atoms with Crippen molar-refractivity contribution < 1.29 is 4.79 Å². The van der Waals surface area contributed by atoms with Gasteiger partial charge in [0.15, 0.2) is 0 Å². The number of piperidine rings is 1.